The van der Waals surface area contributed by atoms with E-state index in [4.69, 9.17) is 9.15 Å². The second-order valence-electron chi connectivity index (χ2n) is 7.14. The topological polar surface area (TPSA) is 90.7 Å². The number of nitrogens with one attached hydrogen (secondary N) is 1. The summed E-state index contributed by atoms with van der Waals surface area (Å²) in [6, 6.07) is 9.66. The number of hydrogen-bond donors (Lipinski definition) is 1. The number of carbonyl (C=O) groups is 1. The summed E-state index contributed by atoms with van der Waals surface area (Å²) >= 11 is 0. The maximum absolute atomic E-state index is 14.8. The summed E-state index contributed by atoms with van der Waals surface area (Å²) in [5, 5.41) is 12.1. The Morgan fingerprint density at radius 1 is 1.27 bits per heavy atom. The SMILES string of the molecule is COCCn1nnnc1[C@@H](c1ccccc1F)[NH+]1CCN(C(=O)c2ccco2)CC1. The van der Waals surface area contributed by atoms with E-state index in [1.807, 2.05) is 6.07 Å². The van der Waals surface area contributed by atoms with Gasteiger partial charge in [0.05, 0.1) is 51.2 Å². The average Bonchev–Trinajstić information content (AvgIpc) is 3.46. The van der Waals surface area contributed by atoms with Crippen molar-refractivity contribution in [3.05, 3.63) is 65.6 Å². The summed E-state index contributed by atoms with van der Waals surface area (Å²) in [6.07, 6.45) is 1.49. The van der Waals surface area contributed by atoms with Gasteiger partial charge in [0.15, 0.2) is 11.8 Å². The van der Waals surface area contributed by atoms with E-state index in [9.17, 15) is 9.18 Å². The van der Waals surface area contributed by atoms with Crippen molar-refractivity contribution in [1.82, 2.24) is 25.1 Å². The average molecular weight is 415 g/mol. The molecule has 0 radical (unpaired) electrons. The minimum atomic E-state index is -0.390. The molecule has 0 aliphatic carbocycles. The zero-order valence-electron chi connectivity index (χ0n) is 16.7. The third-order valence-electron chi connectivity index (χ3n) is 5.37. The lowest BCUT2D eigenvalue weighted by molar-refractivity contribution is -0.930. The summed E-state index contributed by atoms with van der Waals surface area (Å²) in [5.74, 6) is 0.474. The fourth-order valence-electron chi connectivity index (χ4n) is 3.85. The first-order valence-corrected chi connectivity index (χ1v) is 9.86. The van der Waals surface area contributed by atoms with Crippen molar-refractivity contribution >= 4 is 5.91 Å². The Bertz CT molecular complexity index is 969. The second-order valence-corrected chi connectivity index (χ2v) is 7.14. The van der Waals surface area contributed by atoms with E-state index in [1.54, 1.807) is 41.0 Å². The Hall–Kier alpha value is -3.11. The molecule has 1 atom stereocenters. The Labute approximate surface area is 173 Å². The van der Waals surface area contributed by atoms with E-state index in [-0.39, 0.29) is 17.8 Å². The summed E-state index contributed by atoms with van der Waals surface area (Å²) in [5.41, 5.74) is 0.534. The molecule has 30 heavy (non-hydrogen) atoms. The molecule has 1 saturated heterocycles. The molecule has 0 spiro atoms. The number of hydrogen-bond acceptors (Lipinski definition) is 6. The Balaban J connectivity index is 1.58. The van der Waals surface area contributed by atoms with Gasteiger partial charge in [0.1, 0.15) is 5.82 Å². The number of carbonyl (C=O) groups excluding carboxylic acids is 1. The van der Waals surface area contributed by atoms with Crippen LogP contribution in [-0.2, 0) is 11.3 Å². The molecule has 0 saturated carbocycles. The van der Waals surface area contributed by atoms with Gasteiger partial charge in [0.25, 0.3) is 5.91 Å². The third kappa shape index (κ3) is 4.10. The summed E-state index contributed by atoms with van der Waals surface area (Å²) < 4.78 is 26.8. The van der Waals surface area contributed by atoms with Crippen LogP contribution in [0.3, 0.4) is 0 Å². The first kappa shape index (κ1) is 20.2. The number of nitrogens with zero attached hydrogens (tertiary/aromatic N) is 5. The normalized spacial score (nSPS) is 16.0. The molecule has 158 valence electrons. The largest absolute Gasteiger partial charge is 0.459 e. The Kier molecular flexibility index (Phi) is 6.15. The number of methoxy groups -OCH3 is 1. The number of amides is 1. The molecule has 1 aromatic carbocycles. The molecule has 10 heteroatoms. The quantitative estimate of drug-likeness (QED) is 0.592. The molecule has 1 fully saturated rings. The minimum absolute atomic E-state index is 0.133. The smallest absolute Gasteiger partial charge is 0.289 e. The van der Waals surface area contributed by atoms with E-state index >= 15 is 0 Å². The molecule has 2 aromatic heterocycles. The van der Waals surface area contributed by atoms with Gasteiger partial charge in [0.2, 0.25) is 5.82 Å². The van der Waals surface area contributed by atoms with Gasteiger partial charge in [0, 0.05) is 7.11 Å². The molecular formula is C20H24FN6O3+. The maximum atomic E-state index is 14.8. The lowest BCUT2D eigenvalue weighted by Gasteiger charge is -2.36. The monoisotopic (exact) mass is 415 g/mol. The zero-order valence-corrected chi connectivity index (χ0v) is 16.7. The molecule has 4 rings (SSSR count). The third-order valence-corrected chi connectivity index (χ3v) is 5.37. The number of aromatic nitrogens is 4. The van der Waals surface area contributed by atoms with Crippen molar-refractivity contribution in [2.75, 3.05) is 39.9 Å². The first-order valence-electron chi connectivity index (χ1n) is 9.86. The fourth-order valence-corrected chi connectivity index (χ4v) is 3.85. The van der Waals surface area contributed by atoms with Crippen molar-refractivity contribution < 1.29 is 23.2 Å². The fraction of sp³-hybridized carbons (Fsp3) is 0.400. The van der Waals surface area contributed by atoms with Crippen LogP contribution >= 0.6 is 0 Å². The molecule has 3 aromatic rings. The molecule has 0 bridgehead atoms. The van der Waals surface area contributed by atoms with Crippen molar-refractivity contribution in [3.8, 4) is 0 Å². The standard InChI is InChI=1S/C20H23FN6O3/c1-29-14-12-27-19(22-23-24-27)18(15-5-2-3-6-16(15)21)25-8-10-26(11-9-25)20(28)17-7-4-13-30-17/h2-7,13,18H,8-12,14H2,1H3/p+1/t18-/m1/s1. The highest BCUT2D eigenvalue weighted by molar-refractivity contribution is 5.91. The van der Waals surface area contributed by atoms with Crippen molar-refractivity contribution in [2.24, 2.45) is 0 Å². The van der Waals surface area contributed by atoms with E-state index in [0.717, 1.165) is 4.90 Å². The van der Waals surface area contributed by atoms with Crippen LogP contribution in [0.15, 0.2) is 47.1 Å². The first-order chi connectivity index (χ1) is 14.7. The van der Waals surface area contributed by atoms with Crippen LogP contribution in [-0.4, -0.2) is 70.9 Å². The van der Waals surface area contributed by atoms with Crippen LogP contribution in [0.1, 0.15) is 28.0 Å². The summed E-state index contributed by atoms with van der Waals surface area (Å²) in [7, 11) is 1.61. The number of piperazine rings is 1. The highest BCUT2D eigenvalue weighted by atomic mass is 19.1. The number of rotatable bonds is 7. The highest BCUT2D eigenvalue weighted by Crippen LogP contribution is 2.20. The molecule has 1 N–H and O–H groups in total. The number of halogens is 1. The van der Waals surface area contributed by atoms with Gasteiger partial charge in [-0.3, -0.25) is 4.79 Å². The molecule has 1 aliphatic rings. The van der Waals surface area contributed by atoms with E-state index in [0.29, 0.717) is 56.5 Å². The van der Waals surface area contributed by atoms with Crippen LogP contribution in [0.2, 0.25) is 0 Å². The predicted octanol–water partition coefficient (Wildman–Crippen LogP) is 0.182. The number of quaternary nitrogens is 1. The van der Waals surface area contributed by atoms with Crippen molar-refractivity contribution in [1.29, 1.82) is 0 Å². The van der Waals surface area contributed by atoms with E-state index < -0.39 is 0 Å². The van der Waals surface area contributed by atoms with Crippen LogP contribution < -0.4 is 4.90 Å². The second kappa shape index (κ2) is 9.14. The molecule has 0 unspecified atom stereocenters. The predicted molar refractivity (Wildman–Crippen MR) is 103 cm³/mol. The lowest BCUT2D eigenvalue weighted by Crippen LogP contribution is -3.15. The molecule has 1 amide bonds. The lowest BCUT2D eigenvalue weighted by atomic mass is 10.0. The number of benzene rings is 1. The summed E-state index contributed by atoms with van der Waals surface area (Å²) in [4.78, 5) is 15.4. The van der Waals surface area contributed by atoms with Crippen LogP contribution in [0.5, 0.6) is 0 Å². The van der Waals surface area contributed by atoms with Gasteiger partial charge in [-0.25, -0.2) is 9.07 Å². The number of tetrazole rings is 1. The van der Waals surface area contributed by atoms with Crippen LogP contribution in [0.25, 0.3) is 0 Å². The minimum Gasteiger partial charge on any atom is -0.459 e. The summed E-state index contributed by atoms with van der Waals surface area (Å²) in [6.45, 7) is 3.23. The van der Waals surface area contributed by atoms with Crippen molar-refractivity contribution in [2.45, 2.75) is 12.6 Å². The molecular weight excluding hydrogens is 391 g/mol. The van der Waals surface area contributed by atoms with Crippen LogP contribution in [0.4, 0.5) is 4.39 Å². The Morgan fingerprint density at radius 2 is 2.07 bits per heavy atom. The van der Waals surface area contributed by atoms with Gasteiger partial charge in [-0.15, -0.1) is 5.10 Å². The molecule has 3 heterocycles. The van der Waals surface area contributed by atoms with Gasteiger partial charge in [-0.1, -0.05) is 12.1 Å². The maximum Gasteiger partial charge on any atom is 0.289 e. The molecule has 9 nitrogen and oxygen atoms in total. The van der Waals surface area contributed by atoms with Crippen molar-refractivity contribution in [3.63, 3.8) is 0 Å². The Morgan fingerprint density at radius 3 is 2.77 bits per heavy atom. The van der Waals surface area contributed by atoms with E-state index in [1.165, 1.54) is 12.3 Å². The van der Waals surface area contributed by atoms with Gasteiger partial charge in [-0.05, 0) is 34.7 Å². The van der Waals surface area contributed by atoms with E-state index in [2.05, 4.69) is 15.5 Å². The zero-order chi connectivity index (χ0) is 20.9. The van der Waals surface area contributed by atoms with Gasteiger partial charge >= 0.3 is 0 Å². The number of furan rings is 1. The van der Waals surface area contributed by atoms with Gasteiger partial charge < -0.3 is 19.0 Å². The highest BCUT2D eigenvalue weighted by Gasteiger charge is 2.37. The molecule has 1 aliphatic heterocycles. The van der Waals surface area contributed by atoms with Crippen LogP contribution in [0, 0.1) is 5.82 Å². The van der Waals surface area contributed by atoms with Gasteiger partial charge in [-0.2, -0.15) is 0 Å². The number of ether oxygens (including phenoxy) is 1.